The van der Waals surface area contributed by atoms with Crippen LogP contribution in [0.25, 0.3) is 0 Å². The number of likely N-dealkylation sites (tertiary alicyclic amines) is 1. The molecule has 0 unspecified atom stereocenters. The number of hydrogen-bond acceptors (Lipinski definition) is 5. The van der Waals surface area contributed by atoms with Gasteiger partial charge in [0.2, 0.25) is 0 Å². The molecule has 0 aliphatic carbocycles. The quantitative estimate of drug-likeness (QED) is 0.898. The largest absolute Gasteiger partial charge is 0.459 e. The molecule has 0 aromatic carbocycles. The number of furan rings is 1. The molecule has 0 spiro atoms. The third-order valence-electron chi connectivity index (χ3n) is 3.34. The van der Waals surface area contributed by atoms with Gasteiger partial charge in [-0.3, -0.25) is 14.6 Å². The van der Waals surface area contributed by atoms with Gasteiger partial charge in [-0.15, -0.1) is 0 Å². The van der Waals surface area contributed by atoms with Crippen LogP contribution in [0.4, 0.5) is 0 Å². The molecule has 108 valence electrons. The first-order chi connectivity index (χ1) is 10.2. The van der Waals surface area contributed by atoms with E-state index in [2.05, 4.69) is 15.3 Å². The average molecular weight is 286 g/mol. The molecule has 1 atom stereocenters. The lowest BCUT2D eigenvalue weighted by molar-refractivity contribution is 0.0752. The van der Waals surface area contributed by atoms with E-state index in [1.54, 1.807) is 17.0 Å². The predicted octanol–water partition coefficient (Wildman–Crippen LogP) is 0.714. The zero-order valence-corrected chi connectivity index (χ0v) is 11.2. The Labute approximate surface area is 121 Å². The lowest BCUT2D eigenvalue weighted by Crippen LogP contribution is -2.38. The highest BCUT2D eigenvalue weighted by Gasteiger charge is 2.29. The van der Waals surface area contributed by atoms with Crippen LogP contribution >= 0.6 is 0 Å². The van der Waals surface area contributed by atoms with Crippen molar-refractivity contribution in [2.75, 3.05) is 13.1 Å². The second kappa shape index (κ2) is 5.74. The predicted molar refractivity (Wildman–Crippen MR) is 72.5 cm³/mol. The van der Waals surface area contributed by atoms with E-state index in [0.717, 1.165) is 0 Å². The summed E-state index contributed by atoms with van der Waals surface area (Å²) in [5.74, 6) is -0.118. The van der Waals surface area contributed by atoms with Gasteiger partial charge in [0.05, 0.1) is 12.5 Å². The minimum atomic E-state index is -0.277. The van der Waals surface area contributed by atoms with Gasteiger partial charge in [-0.25, -0.2) is 4.98 Å². The van der Waals surface area contributed by atoms with Crippen molar-refractivity contribution in [3.63, 3.8) is 0 Å². The Hall–Kier alpha value is -2.70. The average Bonchev–Trinajstić information content (AvgIpc) is 3.19. The minimum Gasteiger partial charge on any atom is -0.459 e. The van der Waals surface area contributed by atoms with Crippen molar-refractivity contribution in [1.29, 1.82) is 0 Å². The molecular formula is C14H14N4O3. The maximum Gasteiger partial charge on any atom is 0.289 e. The van der Waals surface area contributed by atoms with Gasteiger partial charge in [0.15, 0.2) is 5.76 Å². The third kappa shape index (κ3) is 2.91. The Bertz CT molecular complexity index is 627. The highest BCUT2D eigenvalue weighted by atomic mass is 16.3. The number of amides is 2. The van der Waals surface area contributed by atoms with E-state index in [-0.39, 0.29) is 23.6 Å². The first-order valence-corrected chi connectivity index (χ1v) is 6.63. The molecule has 3 heterocycles. The Morgan fingerprint density at radius 3 is 3.00 bits per heavy atom. The van der Waals surface area contributed by atoms with Crippen LogP contribution in [-0.2, 0) is 0 Å². The van der Waals surface area contributed by atoms with Crippen LogP contribution in [0.15, 0.2) is 41.4 Å². The smallest absolute Gasteiger partial charge is 0.289 e. The summed E-state index contributed by atoms with van der Waals surface area (Å²) in [4.78, 5) is 33.5. The summed E-state index contributed by atoms with van der Waals surface area (Å²) < 4.78 is 5.10. The summed E-state index contributed by atoms with van der Waals surface area (Å²) in [5, 5.41) is 2.86. The van der Waals surface area contributed by atoms with Crippen molar-refractivity contribution in [3.05, 3.63) is 48.4 Å². The highest BCUT2D eigenvalue weighted by molar-refractivity contribution is 5.93. The van der Waals surface area contributed by atoms with Crippen LogP contribution in [-0.4, -0.2) is 45.8 Å². The lowest BCUT2D eigenvalue weighted by Gasteiger charge is -2.15. The van der Waals surface area contributed by atoms with Gasteiger partial charge in [0.1, 0.15) is 5.69 Å². The maximum absolute atomic E-state index is 12.1. The fourth-order valence-corrected chi connectivity index (χ4v) is 2.29. The molecule has 1 N–H and O–H groups in total. The first-order valence-electron chi connectivity index (χ1n) is 6.63. The number of nitrogens with one attached hydrogen (secondary N) is 1. The van der Waals surface area contributed by atoms with Gasteiger partial charge in [0, 0.05) is 31.5 Å². The third-order valence-corrected chi connectivity index (χ3v) is 3.34. The van der Waals surface area contributed by atoms with E-state index < -0.39 is 0 Å². The summed E-state index contributed by atoms with van der Waals surface area (Å²) in [6.07, 6.45) is 6.57. The van der Waals surface area contributed by atoms with Crippen LogP contribution in [0.3, 0.4) is 0 Å². The van der Waals surface area contributed by atoms with Gasteiger partial charge in [-0.2, -0.15) is 0 Å². The van der Waals surface area contributed by atoms with Gasteiger partial charge in [-0.05, 0) is 18.6 Å². The van der Waals surface area contributed by atoms with Crippen molar-refractivity contribution in [2.24, 2.45) is 0 Å². The summed E-state index contributed by atoms with van der Waals surface area (Å²) >= 11 is 0. The zero-order valence-electron chi connectivity index (χ0n) is 11.2. The van der Waals surface area contributed by atoms with E-state index in [1.807, 2.05) is 0 Å². The molecule has 1 aliphatic rings. The maximum atomic E-state index is 12.1. The number of hydrogen-bond donors (Lipinski definition) is 1. The molecule has 1 fully saturated rings. The fraction of sp³-hybridized carbons (Fsp3) is 0.286. The van der Waals surface area contributed by atoms with E-state index in [1.165, 1.54) is 24.9 Å². The summed E-state index contributed by atoms with van der Waals surface area (Å²) in [5.41, 5.74) is 0.272. The van der Waals surface area contributed by atoms with Crippen LogP contribution < -0.4 is 5.32 Å². The molecule has 7 nitrogen and oxygen atoms in total. The van der Waals surface area contributed by atoms with Gasteiger partial charge >= 0.3 is 0 Å². The molecule has 1 saturated heterocycles. The molecule has 2 amide bonds. The number of carbonyl (C=O) groups excluding carboxylic acids is 2. The molecular weight excluding hydrogens is 272 g/mol. The van der Waals surface area contributed by atoms with E-state index in [0.29, 0.717) is 25.3 Å². The van der Waals surface area contributed by atoms with E-state index >= 15 is 0 Å². The lowest BCUT2D eigenvalue weighted by atomic mass is 10.2. The van der Waals surface area contributed by atoms with Crippen molar-refractivity contribution >= 4 is 11.8 Å². The molecule has 2 aromatic rings. The van der Waals surface area contributed by atoms with Crippen LogP contribution in [0.1, 0.15) is 27.5 Å². The van der Waals surface area contributed by atoms with Crippen LogP contribution in [0.2, 0.25) is 0 Å². The van der Waals surface area contributed by atoms with Crippen molar-refractivity contribution in [2.45, 2.75) is 12.5 Å². The number of carbonyl (C=O) groups is 2. The molecule has 0 bridgehead atoms. The summed E-state index contributed by atoms with van der Waals surface area (Å²) in [7, 11) is 0. The highest BCUT2D eigenvalue weighted by Crippen LogP contribution is 2.14. The minimum absolute atomic E-state index is 0.0848. The molecule has 7 heteroatoms. The Kier molecular flexibility index (Phi) is 3.63. The summed E-state index contributed by atoms with van der Waals surface area (Å²) in [6.45, 7) is 1.05. The van der Waals surface area contributed by atoms with E-state index in [4.69, 9.17) is 4.42 Å². The Balaban J connectivity index is 1.58. The Morgan fingerprint density at radius 2 is 2.29 bits per heavy atom. The summed E-state index contributed by atoms with van der Waals surface area (Å²) in [6, 6.07) is 3.23. The van der Waals surface area contributed by atoms with Gasteiger partial charge in [-0.1, -0.05) is 0 Å². The monoisotopic (exact) mass is 286 g/mol. The fourth-order valence-electron chi connectivity index (χ4n) is 2.29. The standard InChI is InChI=1S/C14H14N4O3/c19-13(11-8-15-4-5-16-11)17-10-3-6-18(9-10)14(20)12-2-1-7-21-12/h1-2,4-5,7-8,10H,3,6,9H2,(H,17,19)/t10-/m0/s1. The molecule has 1 aliphatic heterocycles. The van der Waals surface area contributed by atoms with Crippen molar-refractivity contribution < 1.29 is 14.0 Å². The van der Waals surface area contributed by atoms with Crippen LogP contribution in [0.5, 0.6) is 0 Å². The molecule has 3 rings (SSSR count). The molecule has 0 radical (unpaired) electrons. The topological polar surface area (TPSA) is 88.3 Å². The molecule has 0 saturated carbocycles. The Morgan fingerprint density at radius 1 is 1.38 bits per heavy atom. The SMILES string of the molecule is O=C(N[C@H]1CCN(C(=O)c2ccco2)C1)c1cnccn1. The second-order valence-electron chi connectivity index (χ2n) is 4.78. The van der Waals surface area contributed by atoms with E-state index in [9.17, 15) is 9.59 Å². The van der Waals surface area contributed by atoms with Crippen molar-refractivity contribution in [3.8, 4) is 0 Å². The van der Waals surface area contributed by atoms with Gasteiger partial charge in [0.25, 0.3) is 11.8 Å². The molecule has 2 aromatic heterocycles. The normalized spacial score (nSPS) is 17.7. The number of aromatic nitrogens is 2. The number of rotatable bonds is 3. The van der Waals surface area contributed by atoms with Crippen LogP contribution in [0, 0.1) is 0 Å². The first kappa shape index (κ1) is 13.3. The van der Waals surface area contributed by atoms with Gasteiger partial charge < -0.3 is 14.6 Å². The second-order valence-corrected chi connectivity index (χ2v) is 4.78. The zero-order chi connectivity index (χ0) is 14.7. The van der Waals surface area contributed by atoms with Crippen molar-refractivity contribution in [1.82, 2.24) is 20.2 Å². The molecule has 21 heavy (non-hydrogen) atoms. The number of nitrogens with zero attached hydrogens (tertiary/aromatic N) is 3.